The third kappa shape index (κ3) is 4.62. The van der Waals surface area contributed by atoms with E-state index in [9.17, 15) is 26.4 Å². The summed E-state index contributed by atoms with van der Waals surface area (Å²) in [4.78, 5) is 18.2. The second-order valence-corrected chi connectivity index (χ2v) is 11.0. The summed E-state index contributed by atoms with van der Waals surface area (Å²) in [6, 6.07) is 4.65. The van der Waals surface area contributed by atoms with Gasteiger partial charge in [0.25, 0.3) is 5.91 Å². The molecule has 0 aromatic heterocycles. The second kappa shape index (κ2) is 6.94. The predicted octanol–water partition coefficient (Wildman–Crippen LogP) is 3.23. The number of amidine groups is 1. The molecule has 0 saturated carbocycles. The molecule has 1 amide bonds. The molecule has 0 aliphatic carbocycles. The fourth-order valence-electron chi connectivity index (χ4n) is 2.93. The fourth-order valence-corrected chi connectivity index (χ4v) is 6.84. The highest BCUT2D eigenvalue weighted by Crippen LogP contribution is 2.41. The third-order valence-corrected chi connectivity index (χ3v) is 7.46. The number of alkyl halides is 3. The predicted molar refractivity (Wildman–Crippen MR) is 101 cm³/mol. The molecule has 0 radical (unpaired) electrons. The number of benzene rings is 1. The first kappa shape index (κ1) is 21.0. The summed E-state index contributed by atoms with van der Waals surface area (Å²) < 4.78 is 65.0. The molecule has 0 bridgehead atoms. The molecule has 2 saturated heterocycles. The van der Waals surface area contributed by atoms with E-state index in [2.05, 4.69) is 9.73 Å². The zero-order valence-corrected chi connectivity index (χ0v) is 17.0. The molecule has 0 spiro atoms. The molecular weight excluding hydrogens is 417 g/mol. The largest absolute Gasteiger partial charge is 0.573 e. The number of ether oxygens (including phenoxy) is 1. The zero-order chi connectivity index (χ0) is 20.9. The SMILES string of the molecule is CC(C)(C)C(=O)N=C1S[C@@H]2CS(=O)(=O)C[C@@H]2N1c1ccc(OC(F)(F)F)cc1. The Labute approximate surface area is 165 Å². The lowest BCUT2D eigenvalue weighted by molar-refractivity contribution is -0.274. The lowest BCUT2D eigenvalue weighted by Gasteiger charge is -2.25. The van der Waals surface area contributed by atoms with Gasteiger partial charge in [-0.2, -0.15) is 4.99 Å². The molecule has 28 heavy (non-hydrogen) atoms. The Hall–Kier alpha value is -1.75. The Kier molecular flexibility index (Phi) is 5.20. The van der Waals surface area contributed by atoms with Gasteiger partial charge in [0.05, 0.1) is 17.5 Å². The summed E-state index contributed by atoms with van der Waals surface area (Å²) in [7, 11) is -3.23. The summed E-state index contributed by atoms with van der Waals surface area (Å²) in [6.07, 6.45) is -4.80. The van der Waals surface area contributed by atoms with E-state index in [0.717, 1.165) is 12.1 Å². The monoisotopic (exact) mass is 436 g/mol. The van der Waals surface area contributed by atoms with Crippen molar-refractivity contribution >= 4 is 38.4 Å². The van der Waals surface area contributed by atoms with Gasteiger partial charge in [-0.3, -0.25) is 4.79 Å². The molecule has 6 nitrogen and oxygen atoms in total. The van der Waals surface area contributed by atoms with Crippen molar-refractivity contribution < 1.29 is 31.1 Å². The maximum Gasteiger partial charge on any atom is 0.573 e. The third-order valence-electron chi connectivity index (χ3n) is 4.25. The van der Waals surface area contributed by atoms with Crippen molar-refractivity contribution in [2.45, 2.75) is 38.4 Å². The molecule has 2 aliphatic rings. The Balaban J connectivity index is 1.95. The molecular formula is C17H19F3N2O4S2. The smallest absolute Gasteiger partial charge is 0.406 e. The lowest BCUT2D eigenvalue weighted by Crippen LogP contribution is -2.38. The number of thioether (sulfide) groups is 1. The van der Waals surface area contributed by atoms with E-state index in [0.29, 0.717) is 10.9 Å². The van der Waals surface area contributed by atoms with E-state index in [-0.39, 0.29) is 28.4 Å². The molecule has 154 valence electrons. The molecule has 11 heteroatoms. The minimum Gasteiger partial charge on any atom is -0.406 e. The average Bonchev–Trinajstić information content (AvgIpc) is 2.96. The number of carbonyl (C=O) groups is 1. The number of halogens is 3. The number of sulfone groups is 1. The molecule has 0 N–H and O–H groups in total. The average molecular weight is 436 g/mol. The van der Waals surface area contributed by atoms with Gasteiger partial charge in [-0.1, -0.05) is 32.5 Å². The first-order valence-electron chi connectivity index (χ1n) is 8.40. The van der Waals surface area contributed by atoms with E-state index in [4.69, 9.17) is 0 Å². The number of hydrogen-bond donors (Lipinski definition) is 0. The first-order valence-corrected chi connectivity index (χ1v) is 11.1. The number of hydrogen-bond acceptors (Lipinski definition) is 5. The number of rotatable bonds is 2. The van der Waals surface area contributed by atoms with E-state index < -0.39 is 27.7 Å². The van der Waals surface area contributed by atoms with Crippen LogP contribution >= 0.6 is 11.8 Å². The van der Waals surface area contributed by atoms with E-state index in [1.165, 1.54) is 23.9 Å². The maximum atomic E-state index is 12.4. The number of anilines is 1. The molecule has 3 rings (SSSR count). The second-order valence-electron chi connectivity index (χ2n) is 7.66. The van der Waals surface area contributed by atoms with Gasteiger partial charge in [-0.05, 0) is 24.3 Å². The van der Waals surface area contributed by atoms with Crippen molar-refractivity contribution in [3.63, 3.8) is 0 Å². The van der Waals surface area contributed by atoms with Gasteiger partial charge in [-0.25, -0.2) is 8.42 Å². The molecule has 2 aliphatic heterocycles. The van der Waals surface area contributed by atoms with Crippen molar-refractivity contribution in [2.75, 3.05) is 16.4 Å². The van der Waals surface area contributed by atoms with Gasteiger partial charge < -0.3 is 9.64 Å². The van der Waals surface area contributed by atoms with Crippen LogP contribution in [-0.4, -0.2) is 48.7 Å². The summed E-state index contributed by atoms with van der Waals surface area (Å²) in [6.45, 7) is 5.16. The van der Waals surface area contributed by atoms with Crippen LogP contribution in [0.2, 0.25) is 0 Å². The highest BCUT2D eigenvalue weighted by molar-refractivity contribution is 8.16. The van der Waals surface area contributed by atoms with E-state index >= 15 is 0 Å². The van der Waals surface area contributed by atoms with Crippen LogP contribution in [0.25, 0.3) is 0 Å². The number of carbonyl (C=O) groups excluding carboxylic acids is 1. The fraction of sp³-hybridized carbons (Fsp3) is 0.529. The Morgan fingerprint density at radius 2 is 1.79 bits per heavy atom. The minimum atomic E-state index is -4.80. The summed E-state index contributed by atoms with van der Waals surface area (Å²) in [5, 5.41) is 0.0666. The van der Waals surface area contributed by atoms with Crippen LogP contribution < -0.4 is 9.64 Å². The van der Waals surface area contributed by atoms with Crippen molar-refractivity contribution in [3.05, 3.63) is 24.3 Å². The topological polar surface area (TPSA) is 76.0 Å². The molecule has 1 aromatic carbocycles. The number of amides is 1. The van der Waals surface area contributed by atoms with Gasteiger partial charge in [0.2, 0.25) is 0 Å². The molecule has 2 fully saturated rings. The molecule has 1 aromatic rings. The van der Waals surface area contributed by atoms with Crippen LogP contribution in [0.15, 0.2) is 29.3 Å². The molecule has 2 heterocycles. The van der Waals surface area contributed by atoms with Crippen LogP contribution in [0.5, 0.6) is 5.75 Å². The van der Waals surface area contributed by atoms with Gasteiger partial charge in [-0.15, -0.1) is 13.2 Å². The van der Waals surface area contributed by atoms with Crippen LogP contribution in [0, 0.1) is 5.41 Å². The van der Waals surface area contributed by atoms with Crippen molar-refractivity contribution in [1.82, 2.24) is 0 Å². The van der Waals surface area contributed by atoms with Crippen LogP contribution in [0.3, 0.4) is 0 Å². The number of nitrogens with zero attached hydrogens (tertiary/aromatic N) is 2. The summed E-state index contributed by atoms with van der Waals surface area (Å²) in [5.41, 5.74) is -0.264. The lowest BCUT2D eigenvalue weighted by atomic mass is 9.96. The van der Waals surface area contributed by atoms with Crippen LogP contribution in [0.1, 0.15) is 20.8 Å². The Morgan fingerprint density at radius 3 is 2.32 bits per heavy atom. The van der Waals surface area contributed by atoms with E-state index in [1.54, 1.807) is 25.7 Å². The van der Waals surface area contributed by atoms with Crippen molar-refractivity contribution in [1.29, 1.82) is 0 Å². The van der Waals surface area contributed by atoms with Crippen molar-refractivity contribution in [2.24, 2.45) is 10.4 Å². The van der Waals surface area contributed by atoms with Gasteiger partial charge in [0.1, 0.15) is 5.75 Å². The highest BCUT2D eigenvalue weighted by atomic mass is 32.2. The number of fused-ring (bicyclic) bond motifs is 1. The Morgan fingerprint density at radius 1 is 1.18 bits per heavy atom. The van der Waals surface area contributed by atoms with Crippen LogP contribution in [-0.2, 0) is 14.6 Å². The van der Waals surface area contributed by atoms with E-state index in [1.807, 2.05) is 0 Å². The maximum absolute atomic E-state index is 12.4. The highest BCUT2D eigenvalue weighted by Gasteiger charge is 2.49. The van der Waals surface area contributed by atoms with Gasteiger partial charge in [0.15, 0.2) is 15.0 Å². The molecule has 2 atom stereocenters. The van der Waals surface area contributed by atoms with Crippen molar-refractivity contribution in [3.8, 4) is 5.75 Å². The normalized spacial score (nSPS) is 25.8. The van der Waals surface area contributed by atoms with Gasteiger partial charge in [0, 0.05) is 16.4 Å². The quantitative estimate of drug-likeness (QED) is 0.709. The Bertz CT molecular complexity index is 906. The zero-order valence-electron chi connectivity index (χ0n) is 15.4. The number of aliphatic imine (C=N–C) groups is 1. The summed E-state index contributed by atoms with van der Waals surface area (Å²) in [5.74, 6) is -0.881. The van der Waals surface area contributed by atoms with Crippen LogP contribution in [0.4, 0.5) is 18.9 Å². The minimum absolute atomic E-state index is 0.0309. The van der Waals surface area contributed by atoms with Gasteiger partial charge >= 0.3 is 6.36 Å². The first-order chi connectivity index (χ1) is 12.8. The summed E-state index contributed by atoms with van der Waals surface area (Å²) >= 11 is 1.21. The molecule has 0 unspecified atom stereocenters. The standard InChI is InChI=1S/C17H19F3N2O4S2/c1-16(2,3)14(23)21-15-22(12-8-28(24,25)9-13(12)27-15)10-4-6-11(7-5-10)26-17(18,19)20/h4-7,12-13H,8-9H2,1-3H3/t12-,13+/m0/s1.